The Hall–Kier alpha value is -1.82. The minimum absolute atomic E-state index is 0.313. The molecule has 0 saturated carbocycles. The Morgan fingerprint density at radius 3 is 2.68 bits per heavy atom. The van der Waals surface area contributed by atoms with Crippen LogP contribution in [-0.4, -0.2) is 11.7 Å². The molecule has 0 N–H and O–H groups in total. The lowest BCUT2D eigenvalue weighted by molar-refractivity contribution is -0.136. The first-order chi connectivity index (χ1) is 11.9. The SMILES string of the molecule is CC1=NOC(=O)/C1=C/c1ccc(OCc2ccc(Cl)cc2Cl)c(Br)c1. The highest BCUT2D eigenvalue weighted by molar-refractivity contribution is 9.10. The molecule has 0 saturated heterocycles. The molecule has 1 aliphatic rings. The summed E-state index contributed by atoms with van der Waals surface area (Å²) in [6.07, 6.45) is 1.72. The van der Waals surface area contributed by atoms with Crippen LogP contribution in [0, 0.1) is 0 Å². The second-order valence-electron chi connectivity index (χ2n) is 5.33. The molecule has 1 heterocycles. The molecule has 25 heavy (non-hydrogen) atoms. The van der Waals surface area contributed by atoms with Crippen LogP contribution >= 0.6 is 39.1 Å². The van der Waals surface area contributed by atoms with Crippen molar-refractivity contribution in [3.63, 3.8) is 0 Å². The molecule has 7 heteroatoms. The average molecular weight is 441 g/mol. The fourth-order valence-corrected chi connectivity index (χ4v) is 3.18. The molecule has 128 valence electrons. The lowest BCUT2D eigenvalue weighted by atomic mass is 10.1. The van der Waals surface area contributed by atoms with Crippen LogP contribution in [0.4, 0.5) is 0 Å². The van der Waals surface area contributed by atoms with Crippen molar-refractivity contribution in [1.82, 2.24) is 0 Å². The number of oxime groups is 1. The molecule has 0 radical (unpaired) electrons. The Bertz CT molecular complexity index is 909. The predicted octanol–water partition coefficient (Wildman–Crippen LogP) is 5.65. The van der Waals surface area contributed by atoms with Gasteiger partial charge in [0.15, 0.2) is 0 Å². The van der Waals surface area contributed by atoms with Crippen molar-refractivity contribution in [1.29, 1.82) is 0 Å². The molecule has 0 unspecified atom stereocenters. The molecular weight excluding hydrogens is 429 g/mol. The van der Waals surface area contributed by atoms with Crippen LogP contribution in [0.1, 0.15) is 18.1 Å². The van der Waals surface area contributed by atoms with E-state index in [1.165, 1.54) is 0 Å². The normalized spacial score (nSPS) is 15.3. The lowest BCUT2D eigenvalue weighted by Gasteiger charge is -2.10. The summed E-state index contributed by atoms with van der Waals surface area (Å²) in [6, 6.07) is 10.8. The minimum Gasteiger partial charge on any atom is -0.488 e. The Morgan fingerprint density at radius 1 is 1.24 bits per heavy atom. The number of ether oxygens (including phenoxy) is 1. The van der Waals surface area contributed by atoms with Gasteiger partial charge in [0.2, 0.25) is 0 Å². The summed E-state index contributed by atoms with van der Waals surface area (Å²) in [7, 11) is 0. The zero-order chi connectivity index (χ0) is 18.0. The lowest BCUT2D eigenvalue weighted by Crippen LogP contribution is -2.01. The number of benzene rings is 2. The van der Waals surface area contributed by atoms with Crippen LogP contribution in [0.5, 0.6) is 5.75 Å². The van der Waals surface area contributed by atoms with Gasteiger partial charge in [-0.15, -0.1) is 0 Å². The largest absolute Gasteiger partial charge is 0.488 e. The second-order valence-corrected chi connectivity index (χ2v) is 7.03. The van der Waals surface area contributed by atoms with E-state index in [9.17, 15) is 4.79 Å². The first kappa shape index (κ1) is 18.0. The number of halogens is 3. The van der Waals surface area contributed by atoms with Crippen LogP contribution in [0.3, 0.4) is 0 Å². The Morgan fingerprint density at radius 2 is 2.04 bits per heavy atom. The molecule has 0 atom stereocenters. The summed E-state index contributed by atoms with van der Waals surface area (Å²) in [4.78, 5) is 16.2. The molecule has 0 spiro atoms. The van der Waals surface area contributed by atoms with Gasteiger partial charge in [0, 0.05) is 15.6 Å². The van der Waals surface area contributed by atoms with Gasteiger partial charge in [0.25, 0.3) is 0 Å². The Labute approximate surface area is 163 Å². The maximum absolute atomic E-state index is 11.6. The van der Waals surface area contributed by atoms with E-state index in [1.807, 2.05) is 24.3 Å². The number of hydrogen-bond donors (Lipinski definition) is 0. The maximum atomic E-state index is 11.6. The molecule has 3 rings (SSSR count). The molecule has 0 aliphatic carbocycles. The van der Waals surface area contributed by atoms with Crippen molar-refractivity contribution in [2.45, 2.75) is 13.5 Å². The number of hydrogen-bond acceptors (Lipinski definition) is 4. The van der Waals surface area contributed by atoms with E-state index in [0.717, 1.165) is 15.6 Å². The fraction of sp³-hybridized carbons (Fsp3) is 0.111. The third-order valence-electron chi connectivity index (χ3n) is 3.54. The molecule has 0 aromatic heterocycles. The summed E-state index contributed by atoms with van der Waals surface area (Å²) < 4.78 is 6.56. The molecule has 4 nitrogen and oxygen atoms in total. The Kier molecular flexibility index (Phi) is 5.47. The smallest absolute Gasteiger partial charge is 0.367 e. The first-order valence-electron chi connectivity index (χ1n) is 7.28. The first-order valence-corrected chi connectivity index (χ1v) is 8.83. The van der Waals surface area contributed by atoms with Crippen LogP contribution in [0.2, 0.25) is 10.0 Å². The second kappa shape index (κ2) is 7.60. The van der Waals surface area contributed by atoms with Crippen molar-refractivity contribution in [2.75, 3.05) is 0 Å². The third-order valence-corrected chi connectivity index (χ3v) is 4.75. The summed E-state index contributed by atoms with van der Waals surface area (Å²) in [5, 5.41) is 4.79. The summed E-state index contributed by atoms with van der Waals surface area (Å²) in [6.45, 7) is 2.03. The van der Waals surface area contributed by atoms with Crippen molar-refractivity contribution in [2.24, 2.45) is 5.16 Å². The van der Waals surface area contributed by atoms with E-state index in [2.05, 4.69) is 25.9 Å². The summed E-state index contributed by atoms with van der Waals surface area (Å²) in [5.41, 5.74) is 2.66. The zero-order valence-electron chi connectivity index (χ0n) is 13.1. The molecule has 1 aliphatic heterocycles. The van der Waals surface area contributed by atoms with Crippen molar-refractivity contribution in [3.8, 4) is 5.75 Å². The molecule has 0 fully saturated rings. The predicted molar refractivity (Wildman–Crippen MR) is 102 cm³/mol. The zero-order valence-corrected chi connectivity index (χ0v) is 16.2. The van der Waals surface area contributed by atoms with Gasteiger partial charge in [-0.3, -0.25) is 0 Å². The Balaban J connectivity index is 1.75. The van der Waals surface area contributed by atoms with Gasteiger partial charge in [-0.2, -0.15) is 0 Å². The van der Waals surface area contributed by atoms with E-state index < -0.39 is 5.97 Å². The standard InChI is InChI=1S/C18H12BrCl2NO3/c1-10-14(18(23)25-22-10)6-11-2-5-17(15(19)7-11)24-9-12-3-4-13(20)8-16(12)21/h2-8H,9H2,1H3/b14-6+. The van der Waals surface area contributed by atoms with Crippen LogP contribution in [0.15, 0.2) is 51.6 Å². The fourth-order valence-electron chi connectivity index (χ4n) is 2.20. The highest BCUT2D eigenvalue weighted by Gasteiger charge is 2.21. The van der Waals surface area contributed by atoms with E-state index in [1.54, 1.807) is 25.1 Å². The van der Waals surface area contributed by atoms with Gasteiger partial charge in [-0.05, 0) is 58.8 Å². The van der Waals surface area contributed by atoms with E-state index in [0.29, 0.717) is 33.7 Å². The molecule has 0 bridgehead atoms. The highest BCUT2D eigenvalue weighted by atomic mass is 79.9. The minimum atomic E-state index is -0.452. The molecule has 0 amide bonds. The van der Waals surface area contributed by atoms with Crippen LogP contribution in [0.25, 0.3) is 6.08 Å². The van der Waals surface area contributed by atoms with Gasteiger partial charge >= 0.3 is 5.97 Å². The van der Waals surface area contributed by atoms with Gasteiger partial charge in [0.1, 0.15) is 12.4 Å². The van der Waals surface area contributed by atoms with E-state index >= 15 is 0 Å². The molecule has 2 aromatic carbocycles. The third kappa shape index (κ3) is 4.24. The van der Waals surface area contributed by atoms with Crippen LogP contribution in [-0.2, 0) is 16.2 Å². The quantitative estimate of drug-likeness (QED) is 0.455. The van der Waals surface area contributed by atoms with Crippen molar-refractivity contribution < 1.29 is 14.4 Å². The van der Waals surface area contributed by atoms with Gasteiger partial charge in [-0.25, -0.2) is 4.79 Å². The maximum Gasteiger partial charge on any atom is 0.367 e. The van der Waals surface area contributed by atoms with Crippen molar-refractivity contribution in [3.05, 3.63) is 67.6 Å². The van der Waals surface area contributed by atoms with Gasteiger partial charge in [-0.1, -0.05) is 40.5 Å². The van der Waals surface area contributed by atoms with Crippen LogP contribution < -0.4 is 4.74 Å². The number of carbonyl (C=O) groups is 1. The monoisotopic (exact) mass is 439 g/mol. The number of nitrogens with zero attached hydrogens (tertiary/aromatic N) is 1. The average Bonchev–Trinajstić information content (AvgIpc) is 2.87. The van der Waals surface area contributed by atoms with E-state index in [4.69, 9.17) is 27.9 Å². The van der Waals surface area contributed by atoms with Gasteiger partial charge in [0.05, 0.1) is 15.8 Å². The number of carbonyl (C=O) groups excluding carboxylic acids is 1. The van der Waals surface area contributed by atoms with E-state index in [-0.39, 0.29) is 0 Å². The molecule has 2 aromatic rings. The number of rotatable bonds is 4. The summed E-state index contributed by atoms with van der Waals surface area (Å²) in [5.74, 6) is 0.207. The molecular formula is C18H12BrCl2NO3. The van der Waals surface area contributed by atoms with Crippen molar-refractivity contribution >= 4 is 56.9 Å². The summed E-state index contributed by atoms with van der Waals surface area (Å²) >= 11 is 15.5. The highest BCUT2D eigenvalue weighted by Crippen LogP contribution is 2.29. The van der Waals surface area contributed by atoms with Gasteiger partial charge < -0.3 is 9.57 Å². The topological polar surface area (TPSA) is 47.9 Å².